The van der Waals surface area contributed by atoms with Gasteiger partial charge >= 0.3 is 0 Å². The molecule has 0 spiro atoms. The number of carbonyl (C=O) groups is 1. The van der Waals surface area contributed by atoms with Crippen LogP contribution < -0.4 is 10.6 Å². The number of nitrogens with zero attached hydrogens (tertiary/aromatic N) is 1. The second-order valence-corrected chi connectivity index (χ2v) is 7.00. The summed E-state index contributed by atoms with van der Waals surface area (Å²) in [6.07, 6.45) is 6.70. The lowest BCUT2D eigenvalue weighted by Crippen LogP contribution is -2.54. The van der Waals surface area contributed by atoms with Crippen LogP contribution in [0.1, 0.15) is 59.3 Å². The van der Waals surface area contributed by atoms with Crippen molar-refractivity contribution in [1.82, 2.24) is 15.5 Å². The number of carbonyl (C=O) groups excluding carboxylic acids is 1. The van der Waals surface area contributed by atoms with E-state index in [-0.39, 0.29) is 17.5 Å². The van der Waals surface area contributed by atoms with Crippen molar-refractivity contribution < 1.29 is 4.79 Å². The van der Waals surface area contributed by atoms with E-state index in [0.717, 1.165) is 45.3 Å². The van der Waals surface area contributed by atoms with Crippen LogP contribution in [0.4, 0.5) is 0 Å². The van der Waals surface area contributed by atoms with Crippen molar-refractivity contribution in [1.29, 1.82) is 0 Å². The standard InChI is InChI=1S/C16H31N3O/c1-4-9-16(2,3)18-15(20)14-6-5-12-19(14)13-7-10-17-11-8-13/h13-14,17H,4-12H2,1-3H3,(H,18,20). The van der Waals surface area contributed by atoms with Gasteiger partial charge in [0, 0.05) is 11.6 Å². The van der Waals surface area contributed by atoms with Crippen LogP contribution in [0.3, 0.4) is 0 Å². The second-order valence-electron chi connectivity index (χ2n) is 7.00. The third-order valence-electron chi connectivity index (χ3n) is 4.71. The van der Waals surface area contributed by atoms with Crippen LogP contribution >= 0.6 is 0 Å². The third-order valence-corrected chi connectivity index (χ3v) is 4.71. The third kappa shape index (κ3) is 3.95. The average molecular weight is 281 g/mol. The summed E-state index contributed by atoms with van der Waals surface area (Å²) in [6.45, 7) is 9.73. The summed E-state index contributed by atoms with van der Waals surface area (Å²) < 4.78 is 0. The molecule has 4 heteroatoms. The maximum absolute atomic E-state index is 12.6. The summed E-state index contributed by atoms with van der Waals surface area (Å²) >= 11 is 0. The van der Waals surface area contributed by atoms with Crippen molar-refractivity contribution in [2.24, 2.45) is 0 Å². The Morgan fingerprint density at radius 3 is 2.65 bits per heavy atom. The number of amides is 1. The van der Waals surface area contributed by atoms with Crippen molar-refractivity contribution in [3.8, 4) is 0 Å². The lowest BCUT2D eigenvalue weighted by Gasteiger charge is -2.36. The maximum Gasteiger partial charge on any atom is 0.237 e. The van der Waals surface area contributed by atoms with Crippen molar-refractivity contribution in [3.05, 3.63) is 0 Å². The van der Waals surface area contributed by atoms with Crippen LogP contribution in [0.25, 0.3) is 0 Å². The van der Waals surface area contributed by atoms with Crippen LogP contribution in [0.5, 0.6) is 0 Å². The number of hydrogen-bond acceptors (Lipinski definition) is 3. The van der Waals surface area contributed by atoms with Crippen LogP contribution in [0.2, 0.25) is 0 Å². The van der Waals surface area contributed by atoms with E-state index in [4.69, 9.17) is 0 Å². The van der Waals surface area contributed by atoms with Gasteiger partial charge in [-0.05, 0) is 65.6 Å². The molecule has 1 unspecified atom stereocenters. The van der Waals surface area contributed by atoms with E-state index in [2.05, 4.69) is 36.3 Å². The zero-order valence-corrected chi connectivity index (χ0v) is 13.4. The molecule has 1 amide bonds. The van der Waals surface area contributed by atoms with Gasteiger partial charge in [-0.1, -0.05) is 13.3 Å². The van der Waals surface area contributed by atoms with E-state index in [0.29, 0.717) is 6.04 Å². The van der Waals surface area contributed by atoms with Crippen molar-refractivity contribution in [2.75, 3.05) is 19.6 Å². The van der Waals surface area contributed by atoms with Gasteiger partial charge in [-0.2, -0.15) is 0 Å². The molecule has 0 aliphatic carbocycles. The predicted octanol–water partition coefficient (Wildman–Crippen LogP) is 1.90. The molecule has 2 aliphatic rings. The van der Waals surface area contributed by atoms with Crippen molar-refractivity contribution >= 4 is 5.91 Å². The van der Waals surface area contributed by atoms with E-state index in [1.54, 1.807) is 0 Å². The largest absolute Gasteiger partial charge is 0.350 e. The lowest BCUT2D eigenvalue weighted by molar-refractivity contribution is -0.128. The molecule has 0 aromatic rings. The van der Waals surface area contributed by atoms with Gasteiger partial charge in [0.2, 0.25) is 5.91 Å². The molecule has 0 aromatic heterocycles. The molecule has 2 saturated heterocycles. The summed E-state index contributed by atoms with van der Waals surface area (Å²) in [5.41, 5.74) is -0.0752. The second kappa shape index (κ2) is 6.90. The summed E-state index contributed by atoms with van der Waals surface area (Å²) in [4.78, 5) is 15.1. The van der Waals surface area contributed by atoms with E-state index in [9.17, 15) is 4.79 Å². The minimum atomic E-state index is -0.0752. The molecule has 2 aliphatic heterocycles. The van der Waals surface area contributed by atoms with E-state index < -0.39 is 0 Å². The Morgan fingerprint density at radius 1 is 1.30 bits per heavy atom. The number of hydrogen-bond donors (Lipinski definition) is 2. The Hall–Kier alpha value is -0.610. The Labute approximate surface area is 123 Å². The minimum Gasteiger partial charge on any atom is -0.350 e. The first-order valence-electron chi connectivity index (χ1n) is 8.32. The highest BCUT2D eigenvalue weighted by Gasteiger charge is 2.37. The van der Waals surface area contributed by atoms with Gasteiger partial charge in [0.1, 0.15) is 0 Å². The van der Waals surface area contributed by atoms with Gasteiger partial charge in [0.05, 0.1) is 6.04 Å². The van der Waals surface area contributed by atoms with E-state index >= 15 is 0 Å². The first-order chi connectivity index (χ1) is 9.53. The normalized spacial score (nSPS) is 25.9. The number of piperidine rings is 1. The highest BCUT2D eigenvalue weighted by atomic mass is 16.2. The molecule has 2 N–H and O–H groups in total. The summed E-state index contributed by atoms with van der Waals surface area (Å²) in [5, 5.41) is 6.68. The van der Waals surface area contributed by atoms with E-state index in [1.807, 2.05) is 0 Å². The smallest absolute Gasteiger partial charge is 0.237 e. The Bertz CT molecular complexity index is 324. The molecule has 116 valence electrons. The van der Waals surface area contributed by atoms with Crippen LogP contribution in [0.15, 0.2) is 0 Å². The predicted molar refractivity (Wildman–Crippen MR) is 82.7 cm³/mol. The van der Waals surface area contributed by atoms with Gasteiger partial charge in [0.25, 0.3) is 0 Å². The molecule has 2 heterocycles. The average Bonchev–Trinajstić information content (AvgIpc) is 2.88. The molecule has 4 nitrogen and oxygen atoms in total. The summed E-state index contributed by atoms with van der Waals surface area (Å²) in [5.74, 6) is 0.250. The Balaban J connectivity index is 1.93. The molecular weight excluding hydrogens is 250 g/mol. The molecule has 2 rings (SSSR count). The van der Waals surface area contributed by atoms with Crippen molar-refractivity contribution in [2.45, 2.75) is 76.9 Å². The molecule has 0 radical (unpaired) electrons. The first-order valence-corrected chi connectivity index (χ1v) is 8.32. The molecule has 0 saturated carbocycles. The monoisotopic (exact) mass is 281 g/mol. The van der Waals surface area contributed by atoms with Crippen LogP contribution in [-0.4, -0.2) is 48.1 Å². The summed E-state index contributed by atoms with van der Waals surface area (Å²) in [7, 11) is 0. The molecule has 2 fully saturated rings. The molecule has 0 aromatic carbocycles. The van der Waals surface area contributed by atoms with Crippen molar-refractivity contribution in [3.63, 3.8) is 0 Å². The fourth-order valence-corrected chi connectivity index (χ4v) is 3.75. The van der Waals surface area contributed by atoms with Crippen LogP contribution in [-0.2, 0) is 4.79 Å². The maximum atomic E-state index is 12.6. The zero-order valence-electron chi connectivity index (χ0n) is 13.4. The zero-order chi connectivity index (χ0) is 14.6. The fourth-order valence-electron chi connectivity index (χ4n) is 3.75. The Kier molecular flexibility index (Phi) is 5.44. The van der Waals surface area contributed by atoms with Gasteiger partial charge < -0.3 is 10.6 Å². The summed E-state index contributed by atoms with van der Waals surface area (Å²) in [6, 6.07) is 0.706. The molecule has 20 heavy (non-hydrogen) atoms. The highest BCUT2D eigenvalue weighted by molar-refractivity contribution is 5.82. The topological polar surface area (TPSA) is 44.4 Å². The minimum absolute atomic E-state index is 0.0752. The lowest BCUT2D eigenvalue weighted by atomic mass is 9.97. The fraction of sp³-hybridized carbons (Fsp3) is 0.938. The number of nitrogens with one attached hydrogen (secondary N) is 2. The van der Waals surface area contributed by atoms with Crippen LogP contribution in [0, 0.1) is 0 Å². The number of rotatable bonds is 5. The Morgan fingerprint density at radius 2 is 2.00 bits per heavy atom. The first kappa shape index (κ1) is 15.8. The quantitative estimate of drug-likeness (QED) is 0.809. The van der Waals surface area contributed by atoms with Gasteiger partial charge in [-0.3, -0.25) is 9.69 Å². The van der Waals surface area contributed by atoms with Gasteiger partial charge in [-0.25, -0.2) is 0 Å². The molecule has 1 atom stereocenters. The SMILES string of the molecule is CCCC(C)(C)NC(=O)C1CCCN1C1CCNCC1. The van der Waals surface area contributed by atoms with Gasteiger partial charge in [0.15, 0.2) is 0 Å². The number of likely N-dealkylation sites (tertiary alicyclic amines) is 1. The highest BCUT2D eigenvalue weighted by Crippen LogP contribution is 2.25. The molecular formula is C16H31N3O. The molecule has 0 bridgehead atoms. The van der Waals surface area contributed by atoms with Gasteiger partial charge in [-0.15, -0.1) is 0 Å². The van der Waals surface area contributed by atoms with E-state index in [1.165, 1.54) is 12.8 Å².